The van der Waals surface area contributed by atoms with Crippen LogP contribution in [-0.2, 0) is 13.2 Å². The number of hydrogen-bond acceptors (Lipinski definition) is 2. The van der Waals surface area contributed by atoms with E-state index in [2.05, 4.69) is 30.1 Å². The molecular weight excluding hydrogens is 248 g/mol. The van der Waals surface area contributed by atoms with Crippen LogP contribution in [0.4, 0.5) is 0 Å². The minimum Gasteiger partial charge on any atom is -0.489 e. The van der Waals surface area contributed by atoms with Gasteiger partial charge in [-0.15, -0.1) is 0 Å². The number of benzene rings is 2. The van der Waals surface area contributed by atoms with Gasteiger partial charge in [-0.25, -0.2) is 0 Å². The third kappa shape index (κ3) is 2.40. The molecule has 3 rings (SSSR count). The first kappa shape index (κ1) is 12.8. The molecule has 3 aromatic rings. The average Bonchev–Trinajstić information content (AvgIpc) is 2.90. The van der Waals surface area contributed by atoms with Gasteiger partial charge in [0.15, 0.2) is 0 Å². The van der Waals surface area contributed by atoms with Crippen LogP contribution in [0.5, 0.6) is 5.75 Å². The molecule has 102 valence electrons. The molecule has 0 atom stereocenters. The van der Waals surface area contributed by atoms with Crippen LogP contribution in [0.3, 0.4) is 0 Å². The molecule has 0 radical (unpaired) electrons. The molecule has 2 aromatic carbocycles. The van der Waals surface area contributed by atoms with E-state index in [4.69, 9.17) is 10.5 Å². The van der Waals surface area contributed by atoms with Crippen molar-refractivity contribution in [1.29, 1.82) is 0 Å². The van der Waals surface area contributed by atoms with Gasteiger partial charge >= 0.3 is 0 Å². The van der Waals surface area contributed by atoms with Crippen molar-refractivity contribution >= 4 is 10.9 Å². The number of fused-ring (bicyclic) bond motifs is 1. The Bertz CT molecular complexity index is 713. The van der Waals surface area contributed by atoms with E-state index in [0.29, 0.717) is 13.2 Å². The maximum Gasteiger partial charge on any atom is 0.119 e. The van der Waals surface area contributed by atoms with E-state index >= 15 is 0 Å². The minimum absolute atomic E-state index is 0.538. The Balaban J connectivity index is 1.83. The van der Waals surface area contributed by atoms with Crippen LogP contribution in [-0.4, -0.2) is 4.98 Å². The number of para-hydroxylation sites is 1. The summed E-state index contributed by atoms with van der Waals surface area (Å²) in [6.45, 7) is 3.16. The molecule has 0 bridgehead atoms. The lowest BCUT2D eigenvalue weighted by molar-refractivity contribution is 0.307. The first-order valence-corrected chi connectivity index (χ1v) is 6.75. The minimum atomic E-state index is 0.538. The molecular formula is C17H18N2O. The predicted octanol–water partition coefficient (Wildman–Crippen LogP) is 3.51. The van der Waals surface area contributed by atoms with Crippen molar-refractivity contribution in [2.45, 2.75) is 20.1 Å². The van der Waals surface area contributed by atoms with Gasteiger partial charge in [-0.2, -0.15) is 0 Å². The number of nitrogens with two attached hydrogens (primary N) is 1. The van der Waals surface area contributed by atoms with Crippen LogP contribution in [0.15, 0.2) is 48.7 Å². The van der Waals surface area contributed by atoms with Crippen molar-refractivity contribution in [3.05, 3.63) is 65.4 Å². The fourth-order valence-electron chi connectivity index (χ4n) is 2.36. The summed E-state index contributed by atoms with van der Waals surface area (Å²) in [4.78, 5) is 3.29. The molecule has 0 unspecified atom stereocenters. The predicted molar refractivity (Wildman–Crippen MR) is 81.7 cm³/mol. The molecule has 0 saturated carbocycles. The Morgan fingerprint density at radius 3 is 2.60 bits per heavy atom. The lowest BCUT2D eigenvalue weighted by Gasteiger charge is -2.06. The van der Waals surface area contributed by atoms with Gasteiger partial charge < -0.3 is 15.5 Å². The number of hydrogen-bond donors (Lipinski definition) is 2. The number of aryl methyl sites for hydroxylation is 1. The van der Waals surface area contributed by atoms with Gasteiger partial charge in [0.05, 0.1) is 5.52 Å². The van der Waals surface area contributed by atoms with Gasteiger partial charge in [0.1, 0.15) is 12.4 Å². The summed E-state index contributed by atoms with van der Waals surface area (Å²) in [5, 5.41) is 1.18. The van der Waals surface area contributed by atoms with E-state index in [1.807, 2.05) is 30.5 Å². The molecule has 0 fully saturated rings. The van der Waals surface area contributed by atoms with Gasteiger partial charge in [0.2, 0.25) is 0 Å². The lowest BCUT2D eigenvalue weighted by Crippen LogP contribution is -1.97. The second-order valence-corrected chi connectivity index (χ2v) is 4.96. The summed E-state index contributed by atoms with van der Waals surface area (Å²) >= 11 is 0. The van der Waals surface area contributed by atoms with Crippen molar-refractivity contribution < 1.29 is 4.74 Å². The van der Waals surface area contributed by atoms with Gasteiger partial charge in [-0.05, 0) is 24.6 Å². The summed E-state index contributed by atoms with van der Waals surface area (Å²) in [5.74, 6) is 0.889. The molecule has 0 aliphatic carbocycles. The summed E-state index contributed by atoms with van der Waals surface area (Å²) in [6, 6.07) is 14.3. The SMILES string of the molecule is Cc1ccc(OCc2c[nH]c3c(CN)cccc23)cc1. The highest BCUT2D eigenvalue weighted by atomic mass is 16.5. The number of rotatable bonds is 4. The quantitative estimate of drug-likeness (QED) is 0.759. The van der Waals surface area contributed by atoms with Crippen LogP contribution >= 0.6 is 0 Å². The summed E-state index contributed by atoms with van der Waals surface area (Å²) in [5.41, 5.74) is 10.4. The van der Waals surface area contributed by atoms with E-state index in [-0.39, 0.29) is 0 Å². The zero-order valence-electron chi connectivity index (χ0n) is 11.5. The molecule has 0 aliphatic rings. The molecule has 0 saturated heterocycles. The smallest absolute Gasteiger partial charge is 0.119 e. The van der Waals surface area contributed by atoms with Gasteiger partial charge in [0.25, 0.3) is 0 Å². The molecule has 3 heteroatoms. The van der Waals surface area contributed by atoms with Crippen LogP contribution in [0.2, 0.25) is 0 Å². The van der Waals surface area contributed by atoms with E-state index in [1.165, 1.54) is 10.9 Å². The van der Waals surface area contributed by atoms with Crippen LogP contribution in [0.25, 0.3) is 10.9 Å². The molecule has 3 N–H and O–H groups in total. The lowest BCUT2D eigenvalue weighted by atomic mass is 10.1. The second kappa shape index (κ2) is 5.39. The number of H-pyrrole nitrogens is 1. The second-order valence-electron chi connectivity index (χ2n) is 4.96. The number of aromatic nitrogens is 1. The number of ether oxygens (including phenoxy) is 1. The van der Waals surface area contributed by atoms with E-state index in [0.717, 1.165) is 22.4 Å². The molecule has 1 heterocycles. The van der Waals surface area contributed by atoms with Gasteiger partial charge in [0, 0.05) is 23.7 Å². The van der Waals surface area contributed by atoms with E-state index in [1.54, 1.807) is 0 Å². The zero-order valence-corrected chi connectivity index (χ0v) is 11.5. The standard InChI is InChI=1S/C17H18N2O/c1-12-5-7-15(8-6-12)20-11-14-10-19-17-13(9-18)3-2-4-16(14)17/h2-8,10,19H,9,11,18H2,1H3. The van der Waals surface area contributed by atoms with Gasteiger partial charge in [-0.3, -0.25) is 0 Å². The zero-order chi connectivity index (χ0) is 13.9. The molecule has 0 amide bonds. The highest BCUT2D eigenvalue weighted by Crippen LogP contribution is 2.23. The number of aromatic amines is 1. The highest BCUT2D eigenvalue weighted by Gasteiger charge is 2.07. The third-order valence-electron chi connectivity index (χ3n) is 3.52. The summed E-state index contributed by atoms with van der Waals surface area (Å²) < 4.78 is 5.84. The Labute approximate surface area is 118 Å². The van der Waals surface area contributed by atoms with Crippen LogP contribution in [0, 0.1) is 6.92 Å². The fourth-order valence-corrected chi connectivity index (χ4v) is 2.36. The van der Waals surface area contributed by atoms with Gasteiger partial charge in [-0.1, -0.05) is 35.9 Å². The first-order valence-electron chi connectivity index (χ1n) is 6.75. The average molecular weight is 266 g/mol. The van der Waals surface area contributed by atoms with Crippen molar-refractivity contribution in [1.82, 2.24) is 4.98 Å². The van der Waals surface area contributed by atoms with E-state index < -0.39 is 0 Å². The Morgan fingerprint density at radius 1 is 1.05 bits per heavy atom. The summed E-state index contributed by atoms with van der Waals surface area (Å²) in [6.07, 6.45) is 2.00. The molecule has 20 heavy (non-hydrogen) atoms. The normalized spacial score (nSPS) is 10.9. The van der Waals surface area contributed by atoms with Crippen molar-refractivity contribution in [3.8, 4) is 5.75 Å². The topological polar surface area (TPSA) is 51.0 Å². The van der Waals surface area contributed by atoms with Crippen molar-refractivity contribution in [2.75, 3.05) is 0 Å². The van der Waals surface area contributed by atoms with Crippen LogP contribution < -0.4 is 10.5 Å². The monoisotopic (exact) mass is 266 g/mol. The maximum atomic E-state index is 5.84. The van der Waals surface area contributed by atoms with E-state index in [9.17, 15) is 0 Å². The first-order chi connectivity index (χ1) is 9.78. The Morgan fingerprint density at radius 2 is 1.85 bits per heavy atom. The van der Waals surface area contributed by atoms with Crippen LogP contribution in [0.1, 0.15) is 16.7 Å². The summed E-state index contributed by atoms with van der Waals surface area (Å²) in [7, 11) is 0. The van der Waals surface area contributed by atoms with Crippen molar-refractivity contribution in [2.24, 2.45) is 5.73 Å². The fraction of sp³-hybridized carbons (Fsp3) is 0.176. The molecule has 0 spiro atoms. The Kier molecular flexibility index (Phi) is 3.44. The largest absolute Gasteiger partial charge is 0.489 e. The Hall–Kier alpha value is -2.26. The maximum absolute atomic E-state index is 5.84. The van der Waals surface area contributed by atoms with Crippen molar-refractivity contribution in [3.63, 3.8) is 0 Å². The molecule has 1 aromatic heterocycles. The molecule has 0 aliphatic heterocycles. The number of nitrogens with one attached hydrogen (secondary N) is 1. The third-order valence-corrected chi connectivity index (χ3v) is 3.52. The molecule has 3 nitrogen and oxygen atoms in total. The highest BCUT2D eigenvalue weighted by molar-refractivity contribution is 5.85.